The number of methoxy groups -OCH3 is 1. The van der Waals surface area contributed by atoms with Crippen LogP contribution in [-0.4, -0.2) is 22.0 Å². The monoisotopic (exact) mass is 266 g/mol. The van der Waals surface area contributed by atoms with E-state index in [1.807, 2.05) is 31.2 Å². The molecule has 5 heteroatoms. The van der Waals surface area contributed by atoms with Crippen LogP contribution >= 0.6 is 11.6 Å². The highest BCUT2D eigenvalue weighted by atomic mass is 35.5. The number of hydrogen-bond donors (Lipinski definition) is 1. The van der Waals surface area contributed by atoms with Gasteiger partial charge in [-0.1, -0.05) is 23.7 Å². The Morgan fingerprint density at radius 2 is 2.06 bits per heavy atom. The summed E-state index contributed by atoms with van der Waals surface area (Å²) in [7, 11) is 1.61. The molecule has 1 heterocycles. The zero-order valence-electron chi connectivity index (χ0n) is 10.3. The molecule has 0 aliphatic rings. The van der Waals surface area contributed by atoms with Gasteiger partial charge in [-0.25, -0.2) is 0 Å². The summed E-state index contributed by atoms with van der Waals surface area (Å²) in [6.45, 7) is 2.20. The molecule has 0 spiro atoms. The molecule has 0 aliphatic carbocycles. The van der Waals surface area contributed by atoms with Gasteiger partial charge in [0, 0.05) is 0 Å². The van der Waals surface area contributed by atoms with Crippen molar-refractivity contribution in [2.45, 2.75) is 19.6 Å². The van der Waals surface area contributed by atoms with Crippen LogP contribution in [0.3, 0.4) is 0 Å². The molecular formula is C13H15ClN2O2. The summed E-state index contributed by atoms with van der Waals surface area (Å²) in [5, 5.41) is 14.8. The van der Waals surface area contributed by atoms with E-state index in [1.165, 1.54) is 0 Å². The summed E-state index contributed by atoms with van der Waals surface area (Å²) in [5.74, 6) is 0.763. The van der Waals surface area contributed by atoms with Gasteiger partial charge in [0.2, 0.25) is 0 Å². The van der Waals surface area contributed by atoms with Gasteiger partial charge in [0.25, 0.3) is 0 Å². The van der Waals surface area contributed by atoms with Crippen molar-refractivity contribution in [2.24, 2.45) is 0 Å². The molecule has 0 radical (unpaired) electrons. The maximum Gasteiger partial charge on any atom is 0.127 e. The molecule has 0 fully saturated rings. The number of ether oxygens (including phenoxy) is 1. The molecule has 2 aromatic rings. The highest BCUT2D eigenvalue weighted by molar-refractivity contribution is 6.29. The molecule has 0 amide bonds. The van der Waals surface area contributed by atoms with Crippen LogP contribution in [0.15, 0.2) is 30.3 Å². The van der Waals surface area contributed by atoms with Crippen LogP contribution in [0.1, 0.15) is 17.4 Å². The van der Waals surface area contributed by atoms with E-state index in [-0.39, 0.29) is 0 Å². The van der Waals surface area contributed by atoms with Crippen LogP contribution in [0.5, 0.6) is 5.75 Å². The fourth-order valence-corrected chi connectivity index (χ4v) is 2.00. The van der Waals surface area contributed by atoms with Crippen LogP contribution in [-0.2, 0) is 6.54 Å². The van der Waals surface area contributed by atoms with E-state index in [1.54, 1.807) is 17.9 Å². The molecule has 1 aromatic carbocycles. The van der Waals surface area contributed by atoms with E-state index < -0.39 is 6.10 Å². The van der Waals surface area contributed by atoms with Crippen LogP contribution < -0.4 is 4.74 Å². The number of nitrogens with zero attached hydrogens (tertiary/aromatic N) is 2. The van der Waals surface area contributed by atoms with Gasteiger partial charge in [0.15, 0.2) is 0 Å². The average Bonchev–Trinajstić information content (AvgIpc) is 2.68. The third-order valence-electron chi connectivity index (χ3n) is 2.70. The number of benzene rings is 1. The fourth-order valence-electron chi connectivity index (χ4n) is 1.74. The molecule has 1 atom stereocenters. The predicted octanol–water partition coefficient (Wildman–Crippen LogP) is 2.59. The van der Waals surface area contributed by atoms with Gasteiger partial charge < -0.3 is 9.84 Å². The predicted molar refractivity (Wildman–Crippen MR) is 69.9 cm³/mol. The van der Waals surface area contributed by atoms with Gasteiger partial charge in [-0.2, -0.15) is 5.10 Å². The number of aryl methyl sites for hydroxylation is 1. The molecule has 0 saturated carbocycles. The summed E-state index contributed by atoms with van der Waals surface area (Å²) in [4.78, 5) is 0. The highest BCUT2D eigenvalue weighted by Crippen LogP contribution is 2.20. The van der Waals surface area contributed by atoms with E-state index in [9.17, 15) is 5.11 Å². The molecular weight excluding hydrogens is 252 g/mol. The third-order valence-corrected chi connectivity index (χ3v) is 3.00. The number of aromatic nitrogens is 2. The lowest BCUT2D eigenvalue weighted by Crippen LogP contribution is -2.10. The third kappa shape index (κ3) is 2.83. The van der Waals surface area contributed by atoms with Crippen molar-refractivity contribution in [2.75, 3.05) is 7.11 Å². The van der Waals surface area contributed by atoms with E-state index in [0.29, 0.717) is 11.7 Å². The Morgan fingerprint density at radius 3 is 2.56 bits per heavy atom. The van der Waals surface area contributed by atoms with Crippen molar-refractivity contribution in [3.05, 3.63) is 46.7 Å². The first-order valence-electron chi connectivity index (χ1n) is 5.62. The molecule has 1 unspecified atom stereocenters. The summed E-state index contributed by atoms with van der Waals surface area (Å²) >= 11 is 5.99. The first kappa shape index (κ1) is 12.9. The lowest BCUT2D eigenvalue weighted by molar-refractivity contribution is 0.151. The normalized spacial score (nSPS) is 12.4. The zero-order valence-corrected chi connectivity index (χ0v) is 11.1. The van der Waals surface area contributed by atoms with Crippen LogP contribution in [0.4, 0.5) is 0 Å². The van der Waals surface area contributed by atoms with Crippen molar-refractivity contribution in [1.29, 1.82) is 0 Å². The van der Waals surface area contributed by atoms with Crippen molar-refractivity contribution in [3.8, 4) is 5.75 Å². The van der Waals surface area contributed by atoms with Gasteiger partial charge in [0.1, 0.15) is 10.9 Å². The fraction of sp³-hybridized carbons (Fsp3) is 0.308. The molecule has 18 heavy (non-hydrogen) atoms. The van der Waals surface area contributed by atoms with Gasteiger partial charge >= 0.3 is 0 Å². The van der Waals surface area contributed by atoms with Gasteiger partial charge in [0.05, 0.1) is 25.5 Å². The minimum absolute atomic E-state index is 0.332. The number of aliphatic hydroxyl groups excluding tert-OH is 1. The standard InChI is InChI=1S/C13H15ClN2O2/c1-9-7-13(14)16(15-9)8-12(17)10-3-5-11(18-2)6-4-10/h3-7,12,17H,8H2,1-2H3. The molecule has 96 valence electrons. The minimum atomic E-state index is -0.646. The summed E-state index contributed by atoms with van der Waals surface area (Å²) < 4.78 is 6.66. The highest BCUT2D eigenvalue weighted by Gasteiger charge is 2.11. The maximum absolute atomic E-state index is 10.1. The smallest absolute Gasteiger partial charge is 0.127 e. The van der Waals surface area contributed by atoms with Crippen molar-refractivity contribution < 1.29 is 9.84 Å². The molecule has 1 aromatic heterocycles. The number of hydrogen-bond acceptors (Lipinski definition) is 3. The van der Waals surface area contributed by atoms with Crippen LogP contribution in [0, 0.1) is 6.92 Å². The Morgan fingerprint density at radius 1 is 1.39 bits per heavy atom. The first-order chi connectivity index (χ1) is 8.60. The lowest BCUT2D eigenvalue weighted by atomic mass is 10.1. The maximum atomic E-state index is 10.1. The average molecular weight is 267 g/mol. The Kier molecular flexibility index (Phi) is 3.89. The Labute approximate surface area is 111 Å². The van der Waals surface area contributed by atoms with Crippen molar-refractivity contribution in [3.63, 3.8) is 0 Å². The van der Waals surface area contributed by atoms with E-state index in [0.717, 1.165) is 17.0 Å². The first-order valence-corrected chi connectivity index (χ1v) is 6.00. The van der Waals surface area contributed by atoms with Gasteiger partial charge in [-0.05, 0) is 30.7 Å². The molecule has 1 N–H and O–H groups in total. The summed E-state index contributed by atoms with van der Waals surface area (Å²) in [6, 6.07) is 9.05. The molecule has 0 aliphatic heterocycles. The molecule has 2 rings (SSSR count). The molecule has 0 bridgehead atoms. The minimum Gasteiger partial charge on any atom is -0.497 e. The Hall–Kier alpha value is -1.52. The topological polar surface area (TPSA) is 47.3 Å². The van der Waals surface area contributed by atoms with Crippen LogP contribution in [0.2, 0.25) is 5.15 Å². The Bertz CT molecular complexity index is 522. The second-order valence-electron chi connectivity index (χ2n) is 4.08. The largest absolute Gasteiger partial charge is 0.497 e. The van der Waals surface area contributed by atoms with Crippen molar-refractivity contribution in [1.82, 2.24) is 9.78 Å². The van der Waals surface area contributed by atoms with E-state index in [2.05, 4.69) is 5.10 Å². The molecule has 0 saturated heterocycles. The number of aliphatic hydroxyl groups is 1. The van der Waals surface area contributed by atoms with Crippen LogP contribution in [0.25, 0.3) is 0 Å². The number of rotatable bonds is 4. The number of halogens is 1. The SMILES string of the molecule is COc1ccc(C(O)Cn2nc(C)cc2Cl)cc1. The van der Waals surface area contributed by atoms with E-state index >= 15 is 0 Å². The second kappa shape index (κ2) is 5.42. The second-order valence-corrected chi connectivity index (χ2v) is 4.47. The summed E-state index contributed by atoms with van der Waals surface area (Å²) in [6.07, 6.45) is -0.646. The quantitative estimate of drug-likeness (QED) is 0.925. The van der Waals surface area contributed by atoms with Gasteiger partial charge in [-0.3, -0.25) is 4.68 Å². The molecule has 4 nitrogen and oxygen atoms in total. The van der Waals surface area contributed by atoms with E-state index in [4.69, 9.17) is 16.3 Å². The van der Waals surface area contributed by atoms with Crippen molar-refractivity contribution >= 4 is 11.6 Å². The lowest BCUT2D eigenvalue weighted by Gasteiger charge is -2.12. The zero-order chi connectivity index (χ0) is 13.1. The van der Waals surface area contributed by atoms with Gasteiger partial charge in [-0.15, -0.1) is 0 Å². The Balaban J connectivity index is 2.11. The summed E-state index contributed by atoms with van der Waals surface area (Å²) in [5.41, 5.74) is 1.64.